The molecule has 0 aliphatic carbocycles. The number of carboxylic acids is 1. The molecule has 0 aliphatic rings. The van der Waals surface area contributed by atoms with E-state index in [-0.39, 0.29) is 0 Å². The summed E-state index contributed by atoms with van der Waals surface area (Å²) >= 11 is 0. The SMILES string of the molecule is C/C(=C/c1ccc(Cc2cccnc2)cc1)C(=O)O. The Morgan fingerprint density at radius 3 is 2.53 bits per heavy atom. The molecule has 3 heteroatoms. The van der Waals surface area contributed by atoms with Gasteiger partial charge in [0.05, 0.1) is 0 Å². The largest absolute Gasteiger partial charge is 0.478 e. The predicted octanol–water partition coefficient (Wildman–Crippen LogP) is 3.16. The topological polar surface area (TPSA) is 50.2 Å². The molecule has 0 radical (unpaired) electrons. The number of benzene rings is 1. The van der Waals surface area contributed by atoms with Crippen LogP contribution in [0.1, 0.15) is 23.6 Å². The number of carboxylic acid groups (broad SMARTS) is 1. The fourth-order valence-electron chi connectivity index (χ4n) is 1.78. The molecule has 96 valence electrons. The van der Waals surface area contributed by atoms with Crippen LogP contribution >= 0.6 is 0 Å². The van der Waals surface area contributed by atoms with Crippen molar-refractivity contribution in [3.63, 3.8) is 0 Å². The molecule has 1 aromatic heterocycles. The number of aromatic nitrogens is 1. The zero-order chi connectivity index (χ0) is 13.7. The second-order valence-corrected chi connectivity index (χ2v) is 4.41. The van der Waals surface area contributed by atoms with Crippen LogP contribution in [0.3, 0.4) is 0 Å². The molecule has 1 heterocycles. The van der Waals surface area contributed by atoms with Gasteiger partial charge in [-0.1, -0.05) is 30.3 Å². The van der Waals surface area contributed by atoms with Crippen LogP contribution in [0.4, 0.5) is 0 Å². The fourth-order valence-corrected chi connectivity index (χ4v) is 1.78. The van der Waals surface area contributed by atoms with E-state index in [2.05, 4.69) is 4.98 Å². The quantitative estimate of drug-likeness (QED) is 0.851. The number of carbonyl (C=O) groups is 1. The molecular formula is C16H15NO2. The minimum atomic E-state index is -0.889. The molecule has 1 aromatic carbocycles. The average molecular weight is 253 g/mol. The molecule has 0 bridgehead atoms. The first-order valence-corrected chi connectivity index (χ1v) is 6.04. The van der Waals surface area contributed by atoms with E-state index in [9.17, 15) is 4.79 Å². The lowest BCUT2D eigenvalue weighted by molar-refractivity contribution is -0.132. The van der Waals surface area contributed by atoms with Crippen molar-refractivity contribution < 1.29 is 9.90 Å². The van der Waals surface area contributed by atoms with Crippen molar-refractivity contribution in [1.29, 1.82) is 0 Å². The van der Waals surface area contributed by atoms with Crippen LogP contribution in [0.5, 0.6) is 0 Å². The molecule has 2 rings (SSSR count). The average Bonchev–Trinajstić information content (AvgIpc) is 2.42. The van der Waals surface area contributed by atoms with Gasteiger partial charge >= 0.3 is 5.97 Å². The van der Waals surface area contributed by atoms with Crippen molar-refractivity contribution in [2.75, 3.05) is 0 Å². The Labute approximate surface area is 112 Å². The second-order valence-electron chi connectivity index (χ2n) is 4.41. The Hall–Kier alpha value is -2.42. The van der Waals surface area contributed by atoms with Crippen LogP contribution in [0.15, 0.2) is 54.4 Å². The molecular weight excluding hydrogens is 238 g/mol. The zero-order valence-electron chi connectivity index (χ0n) is 10.7. The van der Waals surface area contributed by atoms with Crippen molar-refractivity contribution in [1.82, 2.24) is 4.98 Å². The molecule has 19 heavy (non-hydrogen) atoms. The molecule has 0 aliphatic heterocycles. The summed E-state index contributed by atoms with van der Waals surface area (Å²) in [5, 5.41) is 8.82. The number of rotatable bonds is 4. The molecule has 0 amide bonds. The van der Waals surface area contributed by atoms with Gasteiger partial charge in [-0.15, -0.1) is 0 Å². The van der Waals surface area contributed by atoms with Gasteiger partial charge in [-0.25, -0.2) is 4.79 Å². The van der Waals surface area contributed by atoms with Crippen molar-refractivity contribution in [2.24, 2.45) is 0 Å². The standard InChI is InChI=1S/C16H15NO2/c1-12(16(18)19)9-13-4-6-14(7-5-13)10-15-3-2-8-17-11-15/h2-9,11H,10H2,1H3,(H,18,19)/b12-9-. The van der Waals surface area contributed by atoms with Crippen LogP contribution < -0.4 is 0 Å². The normalized spacial score (nSPS) is 11.3. The van der Waals surface area contributed by atoms with Gasteiger partial charge in [0.2, 0.25) is 0 Å². The molecule has 0 atom stereocenters. The van der Waals surface area contributed by atoms with E-state index in [1.165, 1.54) is 5.56 Å². The van der Waals surface area contributed by atoms with Crippen molar-refractivity contribution >= 4 is 12.0 Å². The third-order valence-electron chi connectivity index (χ3n) is 2.83. The van der Waals surface area contributed by atoms with Crippen molar-refractivity contribution in [3.05, 3.63) is 71.1 Å². The maximum Gasteiger partial charge on any atom is 0.331 e. The number of nitrogens with zero attached hydrogens (tertiary/aromatic N) is 1. The van der Waals surface area contributed by atoms with Crippen LogP contribution in [0.2, 0.25) is 0 Å². The van der Waals surface area contributed by atoms with Gasteiger partial charge in [-0.2, -0.15) is 0 Å². The minimum absolute atomic E-state index is 0.333. The smallest absolute Gasteiger partial charge is 0.331 e. The third kappa shape index (κ3) is 3.78. The molecule has 0 saturated heterocycles. The number of hydrogen-bond acceptors (Lipinski definition) is 2. The Morgan fingerprint density at radius 2 is 1.95 bits per heavy atom. The number of aliphatic carboxylic acids is 1. The summed E-state index contributed by atoms with van der Waals surface area (Å²) in [6.45, 7) is 1.59. The monoisotopic (exact) mass is 253 g/mol. The summed E-state index contributed by atoms with van der Waals surface area (Å²) in [6, 6.07) is 11.8. The van der Waals surface area contributed by atoms with Gasteiger partial charge < -0.3 is 5.11 Å². The maximum absolute atomic E-state index is 10.7. The minimum Gasteiger partial charge on any atom is -0.478 e. The maximum atomic E-state index is 10.7. The molecule has 0 fully saturated rings. The summed E-state index contributed by atoms with van der Waals surface area (Å²) < 4.78 is 0. The van der Waals surface area contributed by atoms with E-state index in [0.717, 1.165) is 17.5 Å². The first-order valence-electron chi connectivity index (χ1n) is 6.04. The highest BCUT2D eigenvalue weighted by molar-refractivity contribution is 5.91. The third-order valence-corrected chi connectivity index (χ3v) is 2.83. The number of pyridine rings is 1. The summed E-state index contributed by atoms with van der Waals surface area (Å²) in [4.78, 5) is 14.8. The van der Waals surface area contributed by atoms with Gasteiger partial charge in [-0.3, -0.25) is 4.98 Å². The lowest BCUT2D eigenvalue weighted by Gasteiger charge is -2.02. The molecule has 3 nitrogen and oxygen atoms in total. The second kappa shape index (κ2) is 5.96. The Balaban J connectivity index is 2.11. The zero-order valence-corrected chi connectivity index (χ0v) is 10.7. The van der Waals surface area contributed by atoms with E-state index in [4.69, 9.17) is 5.11 Å². The number of hydrogen-bond donors (Lipinski definition) is 1. The Morgan fingerprint density at radius 1 is 1.21 bits per heavy atom. The Kier molecular flexibility index (Phi) is 4.08. The van der Waals surface area contributed by atoms with Gasteiger partial charge in [0, 0.05) is 18.0 Å². The van der Waals surface area contributed by atoms with Crippen LogP contribution in [-0.4, -0.2) is 16.1 Å². The first kappa shape index (κ1) is 13.0. The summed E-state index contributed by atoms with van der Waals surface area (Å²) in [5.41, 5.74) is 3.57. The summed E-state index contributed by atoms with van der Waals surface area (Å²) in [5.74, 6) is -0.889. The highest BCUT2D eigenvalue weighted by Crippen LogP contribution is 2.12. The summed E-state index contributed by atoms with van der Waals surface area (Å²) in [6.07, 6.45) is 6.10. The lowest BCUT2D eigenvalue weighted by Crippen LogP contribution is -1.95. The lowest BCUT2D eigenvalue weighted by atomic mass is 10.0. The van der Waals surface area contributed by atoms with Crippen molar-refractivity contribution in [2.45, 2.75) is 13.3 Å². The summed E-state index contributed by atoms with van der Waals surface area (Å²) in [7, 11) is 0. The molecule has 0 saturated carbocycles. The molecule has 1 N–H and O–H groups in total. The van der Waals surface area contributed by atoms with Crippen molar-refractivity contribution in [3.8, 4) is 0 Å². The predicted molar refractivity (Wildman–Crippen MR) is 74.8 cm³/mol. The van der Waals surface area contributed by atoms with E-state index in [1.807, 2.05) is 42.6 Å². The van der Waals surface area contributed by atoms with E-state index < -0.39 is 5.97 Å². The molecule has 2 aromatic rings. The van der Waals surface area contributed by atoms with E-state index in [0.29, 0.717) is 5.57 Å². The Bertz CT molecular complexity index is 586. The van der Waals surface area contributed by atoms with Crippen LogP contribution in [0.25, 0.3) is 6.08 Å². The van der Waals surface area contributed by atoms with Gasteiger partial charge in [0.1, 0.15) is 0 Å². The molecule has 0 spiro atoms. The van der Waals surface area contributed by atoms with Gasteiger partial charge in [0.15, 0.2) is 0 Å². The van der Waals surface area contributed by atoms with Crippen LogP contribution in [0, 0.1) is 0 Å². The first-order chi connectivity index (χ1) is 9.15. The van der Waals surface area contributed by atoms with Gasteiger partial charge in [0.25, 0.3) is 0 Å². The fraction of sp³-hybridized carbons (Fsp3) is 0.125. The van der Waals surface area contributed by atoms with Gasteiger partial charge in [-0.05, 0) is 42.2 Å². The van der Waals surface area contributed by atoms with E-state index in [1.54, 1.807) is 19.2 Å². The highest BCUT2D eigenvalue weighted by Gasteiger charge is 2.00. The molecule has 0 unspecified atom stereocenters. The highest BCUT2D eigenvalue weighted by atomic mass is 16.4. The van der Waals surface area contributed by atoms with E-state index >= 15 is 0 Å². The van der Waals surface area contributed by atoms with Crippen LogP contribution in [-0.2, 0) is 11.2 Å².